The summed E-state index contributed by atoms with van der Waals surface area (Å²) >= 11 is 0. The Kier molecular flexibility index (Phi) is 5.70. The minimum absolute atomic E-state index is 0.130. The SMILES string of the molecule is CCN1CCN(Cc2c(C)cc(O)c(C3C=C(C)CCC3)c2O)CC1. The molecule has 1 saturated heterocycles. The molecule has 25 heavy (non-hydrogen) atoms. The molecule has 1 fully saturated rings. The zero-order valence-corrected chi connectivity index (χ0v) is 15.9. The fourth-order valence-electron chi connectivity index (χ4n) is 4.23. The minimum atomic E-state index is 0.130. The zero-order valence-electron chi connectivity index (χ0n) is 15.9. The van der Waals surface area contributed by atoms with Gasteiger partial charge in [0.2, 0.25) is 0 Å². The lowest BCUT2D eigenvalue weighted by atomic mass is 9.83. The maximum Gasteiger partial charge on any atom is 0.127 e. The first-order valence-electron chi connectivity index (χ1n) is 9.66. The maximum absolute atomic E-state index is 11.0. The predicted octanol–water partition coefficient (Wildman–Crippen LogP) is 3.76. The first kappa shape index (κ1) is 18.3. The van der Waals surface area contributed by atoms with Gasteiger partial charge in [0.15, 0.2) is 0 Å². The second-order valence-corrected chi connectivity index (χ2v) is 7.68. The first-order chi connectivity index (χ1) is 12.0. The van der Waals surface area contributed by atoms with Crippen LogP contribution in [0.25, 0.3) is 0 Å². The Morgan fingerprint density at radius 2 is 1.76 bits per heavy atom. The van der Waals surface area contributed by atoms with Gasteiger partial charge in [-0.2, -0.15) is 0 Å². The molecule has 0 saturated carbocycles. The molecule has 2 aliphatic rings. The van der Waals surface area contributed by atoms with E-state index in [4.69, 9.17) is 0 Å². The van der Waals surface area contributed by atoms with E-state index in [9.17, 15) is 10.2 Å². The van der Waals surface area contributed by atoms with Crippen LogP contribution in [0.3, 0.4) is 0 Å². The second-order valence-electron chi connectivity index (χ2n) is 7.68. The number of aromatic hydroxyl groups is 2. The number of hydrogen-bond donors (Lipinski definition) is 2. The molecule has 138 valence electrons. The van der Waals surface area contributed by atoms with Gasteiger partial charge in [-0.3, -0.25) is 4.90 Å². The van der Waals surface area contributed by atoms with Crippen molar-refractivity contribution < 1.29 is 10.2 Å². The summed E-state index contributed by atoms with van der Waals surface area (Å²) in [5.41, 5.74) is 4.04. The van der Waals surface area contributed by atoms with Crippen LogP contribution in [0.15, 0.2) is 17.7 Å². The summed E-state index contributed by atoms with van der Waals surface area (Å²) < 4.78 is 0. The van der Waals surface area contributed by atoms with E-state index < -0.39 is 0 Å². The van der Waals surface area contributed by atoms with Gasteiger partial charge in [-0.15, -0.1) is 0 Å². The number of aryl methyl sites for hydroxylation is 1. The highest BCUT2D eigenvalue weighted by Gasteiger charge is 2.25. The van der Waals surface area contributed by atoms with Crippen LogP contribution in [-0.2, 0) is 6.54 Å². The van der Waals surface area contributed by atoms with Crippen molar-refractivity contribution in [3.05, 3.63) is 34.4 Å². The third kappa shape index (κ3) is 4.01. The summed E-state index contributed by atoms with van der Waals surface area (Å²) in [6.45, 7) is 12.4. The summed E-state index contributed by atoms with van der Waals surface area (Å²) in [6.07, 6.45) is 5.46. The van der Waals surface area contributed by atoms with Crippen molar-refractivity contribution in [2.75, 3.05) is 32.7 Å². The van der Waals surface area contributed by atoms with Gasteiger partial charge >= 0.3 is 0 Å². The molecule has 4 nitrogen and oxygen atoms in total. The number of nitrogens with zero attached hydrogens (tertiary/aromatic N) is 2. The molecular formula is C21H32N2O2. The van der Waals surface area contributed by atoms with Crippen LogP contribution in [-0.4, -0.2) is 52.7 Å². The van der Waals surface area contributed by atoms with Crippen LogP contribution < -0.4 is 0 Å². The van der Waals surface area contributed by atoms with E-state index in [1.165, 1.54) is 5.57 Å². The van der Waals surface area contributed by atoms with Crippen molar-refractivity contribution in [2.45, 2.75) is 52.5 Å². The Morgan fingerprint density at radius 3 is 2.40 bits per heavy atom. The number of phenolic OH excluding ortho intramolecular Hbond substituents is 2. The summed E-state index contributed by atoms with van der Waals surface area (Å²) in [5, 5.41) is 21.5. The molecule has 0 radical (unpaired) electrons. The zero-order chi connectivity index (χ0) is 18.0. The fraction of sp³-hybridized carbons (Fsp3) is 0.619. The predicted molar refractivity (Wildman–Crippen MR) is 102 cm³/mol. The summed E-state index contributed by atoms with van der Waals surface area (Å²) in [4.78, 5) is 4.87. The summed E-state index contributed by atoms with van der Waals surface area (Å²) in [7, 11) is 0. The van der Waals surface area contributed by atoms with Gasteiger partial charge in [0.25, 0.3) is 0 Å². The highest BCUT2D eigenvalue weighted by molar-refractivity contribution is 5.55. The molecule has 3 rings (SSSR count). The van der Waals surface area contributed by atoms with E-state index in [2.05, 4.69) is 29.7 Å². The quantitative estimate of drug-likeness (QED) is 0.817. The lowest BCUT2D eigenvalue weighted by Crippen LogP contribution is -2.45. The highest BCUT2D eigenvalue weighted by Crippen LogP contribution is 2.43. The van der Waals surface area contributed by atoms with Crippen molar-refractivity contribution in [3.8, 4) is 11.5 Å². The Morgan fingerprint density at radius 1 is 1.08 bits per heavy atom. The molecule has 1 aromatic carbocycles. The van der Waals surface area contributed by atoms with E-state index in [1.807, 2.05) is 13.0 Å². The van der Waals surface area contributed by atoms with Crippen LogP contribution in [0.2, 0.25) is 0 Å². The molecule has 1 unspecified atom stereocenters. The second kappa shape index (κ2) is 7.79. The summed E-state index contributed by atoms with van der Waals surface area (Å²) in [6, 6.07) is 1.84. The third-order valence-electron chi connectivity index (χ3n) is 5.88. The van der Waals surface area contributed by atoms with Crippen LogP contribution >= 0.6 is 0 Å². The molecule has 0 amide bonds. The van der Waals surface area contributed by atoms with Crippen LogP contribution in [0.5, 0.6) is 11.5 Å². The van der Waals surface area contributed by atoms with Gasteiger partial charge in [-0.05, 0) is 51.3 Å². The van der Waals surface area contributed by atoms with Gasteiger partial charge in [0, 0.05) is 49.8 Å². The fourth-order valence-corrected chi connectivity index (χ4v) is 4.23. The standard InChI is InChI=1S/C21H32N2O2/c1-4-22-8-10-23(11-9-22)14-18-16(3)13-19(24)20(21(18)25)17-7-5-6-15(2)12-17/h12-13,17,24-25H,4-11,14H2,1-3H3. The third-order valence-corrected chi connectivity index (χ3v) is 5.88. The van der Waals surface area contributed by atoms with E-state index in [-0.39, 0.29) is 11.7 Å². The van der Waals surface area contributed by atoms with E-state index in [1.54, 1.807) is 0 Å². The Balaban J connectivity index is 1.85. The van der Waals surface area contributed by atoms with Crippen molar-refractivity contribution in [1.82, 2.24) is 9.80 Å². The van der Waals surface area contributed by atoms with Crippen LogP contribution in [0.1, 0.15) is 55.7 Å². The normalized spacial score (nSPS) is 22.8. The molecular weight excluding hydrogens is 312 g/mol. The van der Waals surface area contributed by atoms with Gasteiger partial charge in [-0.25, -0.2) is 0 Å². The number of hydrogen-bond acceptors (Lipinski definition) is 4. The largest absolute Gasteiger partial charge is 0.507 e. The maximum atomic E-state index is 11.0. The lowest BCUT2D eigenvalue weighted by Gasteiger charge is -2.34. The van der Waals surface area contributed by atoms with Gasteiger partial charge < -0.3 is 15.1 Å². The first-order valence-corrected chi connectivity index (χ1v) is 9.66. The highest BCUT2D eigenvalue weighted by atomic mass is 16.3. The molecule has 1 atom stereocenters. The lowest BCUT2D eigenvalue weighted by molar-refractivity contribution is 0.131. The van der Waals surface area contributed by atoms with E-state index >= 15 is 0 Å². The number of benzene rings is 1. The molecule has 2 N–H and O–H groups in total. The van der Waals surface area contributed by atoms with E-state index in [0.29, 0.717) is 5.75 Å². The molecule has 0 bridgehead atoms. The monoisotopic (exact) mass is 344 g/mol. The van der Waals surface area contributed by atoms with Gasteiger partial charge in [-0.1, -0.05) is 18.6 Å². The smallest absolute Gasteiger partial charge is 0.127 e. The average molecular weight is 344 g/mol. The van der Waals surface area contributed by atoms with Gasteiger partial charge in [0.05, 0.1) is 0 Å². The average Bonchev–Trinajstić information content (AvgIpc) is 2.59. The Bertz CT molecular complexity index is 646. The number of rotatable bonds is 4. The van der Waals surface area contributed by atoms with Crippen molar-refractivity contribution >= 4 is 0 Å². The molecule has 1 aliphatic carbocycles. The molecule has 1 aromatic rings. The topological polar surface area (TPSA) is 46.9 Å². The van der Waals surface area contributed by atoms with Crippen molar-refractivity contribution in [2.24, 2.45) is 0 Å². The number of allylic oxidation sites excluding steroid dienone is 2. The number of phenols is 2. The number of piperazine rings is 1. The number of likely N-dealkylation sites (N-methyl/N-ethyl adjacent to an activating group) is 1. The Labute approximate surface area is 151 Å². The molecule has 1 aliphatic heterocycles. The molecule has 1 heterocycles. The van der Waals surface area contributed by atoms with Gasteiger partial charge in [0.1, 0.15) is 11.5 Å². The van der Waals surface area contributed by atoms with Crippen LogP contribution in [0.4, 0.5) is 0 Å². The van der Waals surface area contributed by atoms with Crippen molar-refractivity contribution in [1.29, 1.82) is 0 Å². The van der Waals surface area contributed by atoms with Crippen molar-refractivity contribution in [3.63, 3.8) is 0 Å². The van der Waals surface area contributed by atoms with Crippen LogP contribution in [0, 0.1) is 6.92 Å². The molecule has 4 heteroatoms. The minimum Gasteiger partial charge on any atom is -0.507 e. The Hall–Kier alpha value is -1.52. The van der Waals surface area contributed by atoms with E-state index in [0.717, 1.165) is 75.2 Å². The molecule has 0 aromatic heterocycles. The molecule has 0 spiro atoms. The summed E-state index contributed by atoms with van der Waals surface area (Å²) in [5.74, 6) is 0.682.